The van der Waals surface area contributed by atoms with Crippen molar-refractivity contribution in [2.45, 2.75) is 20.3 Å². The molecule has 60 valence electrons. The normalized spacial score (nSPS) is 10.0. The van der Waals surface area contributed by atoms with Gasteiger partial charge in [0.05, 0.1) is 4.88 Å². The Kier molecular flexibility index (Phi) is 2.29. The van der Waals surface area contributed by atoms with Crippen LogP contribution < -0.4 is 5.73 Å². The van der Waals surface area contributed by atoms with Crippen molar-refractivity contribution in [3.8, 4) is 0 Å². The lowest BCUT2D eigenvalue weighted by Gasteiger charge is -1.88. The first-order valence-electron chi connectivity index (χ1n) is 3.58. The average Bonchev–Trinajstić information content (AvgIpc) is 2.31. The number of amidine groups is 1. The quantitative estimate of drug-likeness (QED) is 0.514. The van der Waals surface area contributed by atoms with Crippen molar-refractivity contribution >= 4 is 17.2 Å². The molecular weight excluding hydrogens is 156 g/mol. The Morgan fingerprint density at radius 3 is 2.64 bits per heavy atom. The number of nitrogens with two attached hydrogens (primary N) is 1. The van der Waals surface area contributed by atoms with E-state index in [0.717, 1.165) is 11.3 Å². The average molecular weight is 168 g/mol. The van der Waals surface area contributed by atoms with Crippen LogP contribution in [0.3, 0.4) is 0 Å². The van der Waals surface area contributed by atoms with Crippen molar-refractivity contribution in [3.05, 3.63) is 21.4 Å². The summed E-state index contributed by atoms with van der Waals surface area (Å²) in [4.78, 5) is 2.16. The fourth-order valence-electron chi connectivity index (χ4n) is 1.00. The van der Waals surface area contributed by atoms with Crippen molar-refractivity contribution in [1.82, 2.24) is 0 Å². The standard InChI is InChI=1S/C8H12N2S/c1-3-6-4-7(8(9)10)11-5(6)2/h4H,3H2,1-2H3,(H3,9,10). The fraction of sp³-hybridized carbons (Fsp3) is 0.375. The molecule has 3 heteroatoms. The van der Waals surface area contributed by atoms with Gasteiger partial charge in [-0.15, -0.1) is 11.3 Å². The highest BCUT2D eigenvalue weighted by Crippen LogP contribution is 2.21. The minimum absolute atomic E-state index is 0.179. The molecule has 11 heavy (non-hydrogen) atoms. The second-order valence-corrected chi connectivity index (χ2v) is 3.72. The SMILES string of the molecule is CCc1cc(C(=N)N)sc1C. The van der Waals surface area contributed by atoms with E-state index in [9.17, 15) is 0 Å². The first kappa shape index (κ1) is 8.27. The maximum Gasteiger partial charge on any atom is 0.133 e. The number of rotatable bonds is 2. The first-order valence-corrected chi connectivity index (χ1v) is 4.40. The Morgan fingerprint density at radius 1 is 1.73 bits per heavy atom. The van der Waals surface area contributed by atoms with Crippen LogP contribution in [-0.2, 0) is 6.42 Å². The van der Waals surface area contributed by atoms with E-state index in [2.05, 4.69) is 13.8 Å². The van der Waals surface area contributed by atoms with Crippen molar-refractivity contribution in [1.29, 1.82) is 5.41 Å². The zero-order chi connectivity index (χ0) is 8.43. The Labute approximate surface area is 70.6 Å². The van der Waals surface area contributed by atoms with E-state index >= 15 is 0 Å². The van der Waals surface area contributed by atoms with Gasteiger partial charge in [-0.2, -0.15) is 0 Å². The molecule has 0 bridgehead atoms. The third-order valence-electron chi connectivity index (χ3n) is 1.67. The van der Waals surface area contributed by atoms with Crippen LogP contribution in [0.4, 0.5) is 0 Å². The third-order valence-corrected chi connectivity index (χ3v) is 2.79. The van der Waals surface area contributed by atoms with Gasteiger partial charge in [0.2, 0.25) is 0 Å². The summed E-state index contributed by atoms with van der Waals surface area (Å²) < 4.78 is 0. The zero-order valence-corrected chi connectivity index (χ0v) is 7.59. The van der Waals surface area contributed by atoms with Gasteiger partial charge < -0.3 is 5.73 Å². The molecule has 0 fully saturated rings. The molecule has 0 aromatic carbocycles. The lowest BCUT2D eigenvalue weighted by Crippen LogP contribution is -2.08. The summed E-state index contributed by atoms with van der Waals surface area (Å²) in [5, 5.41) is 7.21. The summed E-state index contributed by atoms with van der Waals surface area (Å²) in [5.74, 6) is 0.179. The van der Waals surface area contributed by atoms with Crippen molar-refractivity contribution < 1.29 is 0 Å². The molecular formula is C8H12N2S. The van der Waals surface area contributed by atoms with E-state index in [1.54, 1.807) is 11.3 Å². The van der Waals surface area contributed by atoms with Gasteiger partial charge in [0.1, 0.15) is 5.84 Å². The van der Waals surface area contributed by atoms with Crippen LogP contribution in [0.25, 0.3) is 0 Å². The van der Waals surface area contributed by atoms with Gasteiger partial charge >= 0.3 is 0 Å². The first-order chi connectivity index (χ1) is 5.15. The molecule has 0 aliphatic rings. The molecule has 0 amide bonds. The third kappa shape index (κ3) is 1.60. The zero-order valence-electron chi connectivity index (χ0n) is 6.77. The molecule has 0 atom stereocenters. The summed E-state index contributed by atoms with van der Waals surface area (Å²) in [5.41, 5.74) is 6.65. The van der Waals surface area contributed by atoms with E-state index in [4.69, 9.17) is 11.1 Å². The van der Waals surface area contributed by atoms with Crippen molar-refractivity contribution in [2.75, 3.05) is 0 Å². The summed E-state index contributed by atoms with van der Waals surface area (Å²) in [6.45, 7) is 4.18. The summed E-state index contributed by atoms with van der Waals surface area (Å²) in [6, 6.07) is 2.00. The summed E-state index contributed by atoms with van der Waals surface area (Å²) in [7, 11) is 0. The monoisotopic (exact) mass is 168 g/mol. The number of aryl methyl sites for hydroxylation is 2. The van der Waals surface area contributed by atoms with Crippen LogP contribution in [0.1, 0.15) is 22.2 Å². The van der Waals surface area contributed by atoms with E-state index < -0.39 is 0 Å². The summed E-state index contributed by atoms with van der Waals surface area (Å²) >= 11 is 1.60. The van der Waals surface area contributed by atoms with Crippen LogP contribution in [0.15, 0.2) is 6.07 Å². The highest BCUT2D eigenvalue weighted by atomic mass is 32.1. The lowest BCUT2D eigenvalue weighted by atomic mass is 10.2. The van der Waals surface area contributed by atoms with Crippen LogP contribution in [0.5, 0.6) is 0 Å². The maximum atomic E-state index is 7.21. The molecule has 0 radical (unpaired) electrons. The van der Waals surface area contributed by atoms with Gasteiger partial charge in [-0.05, 0) is 25.0 Å². The predicted molar refractivity (Wildman–Crippen MR) is 49.5 cm³/mol. The molecule has 0 aliphatic heterocycles. The number of hydrogen-bond donors (Lipinski definition) is 2. The second kappa shape index (κ2) is 3.05. The Morgan fingerprint density at radius 2 is 2.36 bits per heavy atom. The van der Waals surface area contributed by atoms with E-state index in [1.807, 2.05) is 6.07 Å². The molecule has 0 saturated carbocycles. The molecule has 3 N–H and O–H groups in total. The lowest BCUT2D eigenvalue weighted by molar-refractivity contribution is 1.13. The van der Waals surface area contributed by atoms with Gasteiger partial charge in [-0.1, -0.05) is 6.92 Å². The highest BCUT2D eigenvalue weighted by molar-refractivity contribution is 7.14. The van der Waals surface area contributed by atoms with E-state index in [-0.39, 0.29) is 5.84 Å². The predicted octanol–water partition coefficient (Wildman–Crippen LogP) is 1.90. The second-order valence-electron chi connectivity index (χ2n) is 2.46. The van der Waals surface area contributed by atoms with E-state index in [0.29, 0.717) is 0 Å². The van der Waals surface area contributed by atoms with Crippen LogP contribution in [0, 0.1) is 12.3 Å². The van der Waals surface area contributed by atoms with Gasteiger partial charge in [0, 0.05) is 4.88 Å². The molecule has 1 rings (SSSR count). The Bertz CT molecular complexity index is 276. The van der Waals surface area contributed by atoms with Crippen LogP contribution in [0.2, 0.25) is 0 Å². The van der Waals surface area contributed by atoms with Crippen molar-refractivity contribution in [3.63, 3.8) is 0 Å². The van der Waals surface area contributed by atoms with Gasteiger partial charge in [-0.25, -0.2) is 0 Å². The number of thiophene rings is 1. The highest BCUT2D eigenvalue weighted by Gasteiger charge is 2.04. The maximum absolute atomic E-state index is 7.21. The van der Waals surface area contributed by atoms with Gasteiger partial charge in [-0.3, -0.25) is 5.41 Å². The van der Waals surface area contributed by atoms with Crippen LogP contribution >= 0.6 is 11.3 Å². The Hall–Kier alpha value is -0.830. The summed E-state index contributed by atoms with van der Waals surface area (Å²) in [6.07, 6.45) is 1.02. The molecule has 2 nitrogen and oxygen atoms in total. The molecule has 0 saturated heterocycles. The smallest absolute Gasteiger partial charge is 0.133 e. The molecule has 1 aromatic rings. The van der Waals surface area contributed by atoms with E-state index in [1.165, 1.54) is 10.4 Å². The molecule has 0 unspecified atom stereocenters. The van der Waals surface area contributed by atoms with Crippen LogP contribution in [-0.4, -0.2) is 5.84 Å². The number of nitrogens with one attached hydrogen (secondary N) is 1. The topological polar surface area (TPSA) is 49.9 Å². The fourth-order valence-corrected chi connectivity index (χ4v) is 1.98. The molecule has 0 aliphatic carbocycles. The van der Waals surface area contributed by atoms with Gasteiger partial charge in [0.15, 0.2) is 0 Å². The minimum Gasteiger partial charge on any atom is -0.383 e. The molecule has 1 aromatic heterocycles. The molecule has 1 heterocycles. The largest absolute Gasteiger partial charge is 0.383 e. The number of hydrogen-bond acceptors (Lipinski definition) is 2. The van der Waals surface area contributed by atoms with Crippen molar-refractivity contribution in [2.24, 2.45) is 5.73 Å². The van der Waals surface area contributed by atoms with Gasteiger partial charge in [0.25, 0.3) is 0 Å². The molecule has 0 spiro atoms. The Balaban J connectivity index is 3.05. The number of nitrogen functional groups attached to an aromatic ring is 1. The minimum atomic E-state index is 0.179.